The van der Waals surface area contributed by atoms with E-state index in [4.69, 9.17) is 37.0 Å². The number of rotatable bonds is 84. The number of esters is 2. The van der Waals surface area contributed by atoms with Crippen LogP contribution in [-0.2, 0) is 65.4 Å². The molecule has 0 aromatic carbocycles. The molecule has 0 rings (SSSR count). The van der Waals surface area contributed by atoms with Gasteiger partial charge in [-0.3, -0.25) is 37.3 Å². The van der Waals surface area contributed by atoms with E-state index >= 15 is 0 Å². The molecule has 0 heterocycles. The van der Waals surface area contributed by atoms with Crippen LogP contribution in [0.1, 0.15) is 417 Å². The first-order chi connectivity index (χ1) is 51.5. The molecule has 25 heteroatoms. The van der Waals surface area contributed by atoms with Crippen molar-refractivity contribution in [2.45, 2.75) is 438 Å². The normalized spacial score (nSPS) is 13.6. The third-order valence-corrected chi connectivity index (χ3v) is 21.5. The summed E-state index contributed by atoms with van der Waals surface area (Å²) in [5.74, 6) is -0.846. The summed E-state index contributed by atoms with van der Waals surface area (Å²) in [6.45, 7) is 11.6. The smallest absolute Gasteiger partial charge is 1.00 e. The number of hydrogen-bond donors (Lipinski definition) is 6. The van der Waals surface area contributed by atoms with E-state index in [1.165, 1.54) is 167 Å². The van der Waals surface area contributed by atoms with Crippen LogP contribution in [0.5, 0.6) is 0 Å². The standard InChI is InChI=1S/C83H164N4O17P2.2Na.2H/c1-7-13-19-25-29-33-35-39-41-47-53-59-79(88)86-75(71-97-67-63-77(57-51-45-23-17-11-5)103-81(90)61-55-49-43-37-31-27-21-15-9-3)73-101-105(93,94)99-69-65-84-83(92)85-66-70-100-106(95,96)102-74-76(87-80(89)60-54-48-42-40-36-34-30-26-20-14-8-2)72-98-68-64-78(58-52-46-24-18-12-6)104-82(91)62-56-50-44-38-32-28-22-16-10-4;;;;/h75-78H,7-74H2,1-6H3,(H,86,88)(H,87,89)(H,93,94)(H,95,96)(H2,84,85,92);;;;/q;2*+1;2*-1/t75-,76-,77?,78?;;;;/m1..../s1. The van der Waals surface area contributed by atoms with Crippen LogP contribution in [0.4, 0.5) is 4.79 Å². The summed E-state index contributed by atoms with van der Waals surface area (Å²) in [4.78, 5) is 86.8. The van der Waals surface area contributed by atoms with Crippen LogP contribution in [-0.4, -0.2) is 130 Å². The van der Waals surface area contributed by atoms with Crippen molar-refractivity contribution < 1.29 is 142 Å². The van der Waals surface area contributed by atoms with Gasteiger partial charge in [-0.05, 0) is 51.4 Å². The van der Waals surface area contributed by atoms with E-state index in [2.05, 4.69) is 62.8 Å². The molecule has 0 aliphatic heterocycles. The van der Waals surface area contributed by atoms with E-state index in [0.29, 0.717) is 38.5 Å². The number of carbonyl (C=O) groups excluding carboxylic acids is 5. The van der Waals surface area contributed by atoms with Crippen LogP contribution in [0.2, 0.25) is 0 Å². The van der Waals surface area contributed by atoms with Crippen LogP contribution in [0.15, 0.2) is 0 Å². The average Bonchev–Trinajstić information content (AvgIpc) is 0.913. The fourth-order valence-corrected chi connectivity index (χ4v) is 14.5. The minimum atomic E-state index is -4.70. The van der Waals surface area contributed by atoms with E-state index in [9.17, 15) is 42.9 Å². The van der Waals surface area contributed by atoms with Crippen LogP contribution in [0, 0.1) is 0 Å². The fourth-order valence-electron chi connectivity index (χ4n) is 12.9. The number of ether oxygens (including phenoxy) is 4. The van der Waals surface area contributed by atoms with Gasteiger partial charge < -0.3 is 52.9 Å². The number of unbranched alkanes of at least 4 members (excludes halogenated alkanes) is 44. The Morgan fingerprint density at radius 1 is 0.306 bits per heavy atom. The Kier molecular flexibility index (Phi) is 86.9. The van der Waals surface area contributed by atoms with Gasteiger partial charge in [-0.2, -0.15) is 0 Å². The second-order valence-electron chi connectivity index (χ2n) is 30.0. The van der Waals surface area contributed by atoms with Gasteiger partial charge in [0, 0.05) is 51.6 Å². The molecule has 4 unspecified atom stereocenters. The third-order valence-electron chi connectivity index (χ3n) is 19.5. The topological polar surface area (TPSA) is 282 Å². The first-order valence-corrected chi connectivity index (χ1v) is 46.9. The molecule has 0 aliphatic rings. The molecule has 0 radical (unpaired) electrons. The Labute approximate surface area is 707 Å². The van der Waals surface area contributed by atoms with Crippen molar-refractivity contribution in [2.24, 2.45) is 0 Å². The number of hydrogen-bond acceptors (Lipinski definition) is 15. The molecular formula is C83H166N4Na2O17P2. The first kappa shape index (κ1) is 111. The Bertz CT molecular complexity index is 1990. The minimum absolute atomic E-state index is 0. The van der Waals surface area contributed by atoms with Gasteiger partial charge in [0.05, 0.1) is 64.9 Å². The predicted molar refractivity (Wildman–Crippen MR) is 434 cm³/mol. The second-order valence-corrected chi connectivity index (χ2v) is 32.9. The van der Waals surface area contributed by atoms with E-state index in [1.807, 2.05) is 0 Å². The van der Waals surface area contributed by atoms with E-state index in [1.54, 1.807) is 0 Å². The zero-order chi connectivity index (χ0) is 77.8. The number of nitrogens with one attached hydrogen (secondary N) is 4. The molecular weight excluding hydrogens is 1430 g/mol. The molecule has 0 aromatic heterocycles. The number of amides is 4. The van der Waals surface area contributed by atoms with Crippen molar-refractivity contribution in [3.05, 3.63) is 0 Å². The monoisotopic (exact) mass is 1600 g/mol. The fraction of sp³-hybridized carbons (Fsp3) is 0.940. The van der Waals surface area contributed by atoms with Crippen molar-refractivity contribution in [3.8, 4) is 0 Å². The Hall–Kier alpha value is -0.710. The molecule has 108 heavy (non-hydrogen) atoms. The van der Waals surface area contributed by atoms with Gasteiger partial charge in [0.2, 0.25) is 11.8 Å². The van der Waals surface area contributed by atoms with E-state index < -0.39 is 60.2 Å². The summed E-state index contributed by atoms with van der Waals surface area (Å²) in [5, 5.41) is 10.8. The quantitative estimate of drug-likeness (QED) is 0.0143. The van der Waals surface area contributed by atoms with Crippen LogP contribution in [0.25, 0.3) is 0 Å². The van der Waals surface area contributed by atoms with Gasteiger partial charge in [-0.1, -0.05) is 324 Å². The Morgan fingerprint density at radius 2 is 0.546 bits per heavy atom. The first-order valence-electron chi connectivity index (χ1n) is 43.9. The van der Waals surface area contributed by atoms with Gasteiger partial charge in [0.25, 0.3) is 0 Å². The number of phosphoric ester groups is 2. The summed E-state index contributed by atoms with van der Waals surface area (Å²) in [6.07, 6.45) is 59.9. The Morgan fingerprint density at radius 3 is 0.815 bits per heavy atom. The van der Waals surface area contributed by atoms with Crippen molar-refractivity contribution in [1.82, 2.24) is 21.3 Å². The van der Waals surface area contributed by atoms with E-state index in [0.717, 1.165) is 154 Å². The maximum Gasteiger partial charge on any atom is 1.00 e. The maximum atomic E-state index is 13.3. The molecule has 0 aliphatic carbocycles. The molecule has 632 valence electrons. The summed E-state index contributed by atoms with van der Waals surface area (Å²) in [7, 11) is -9.41. The van der Waals surface area contributed by atoms with Crippen LogP contribution >= 0.6 is 15.6 Å². The van der Waals surface area contributed by atoms with Gasteiger partial charge in [-0.15, -0.1) is 0 Å². The summed E-state index contributed by atoms with van der Waals surface area (Å²) < 4.78 is 71.7. The second kappa shape index (κ2) is 84.2. The number of phosphoric acid groups is 2. The van der Waals surface area contributed by atoms with Gasteiger partial charge in [0.1, 0.15) is 12.2 Å². The molecule has 0 bridgehead atoms. The molecule has 21 nitrogen and oxygen atoms in total. The number of carbonyl (C=O) groups is 5. The third kappa shape index (κ3) is 80.5. The molecule has 6 N–H and O–H groups in total. The SMILES string of the molecule is CCCCCCCCCCCCCC(=O)N[C@H](COCCC(CCCCCCC)OC(=O)CCCCCCCCCCC)COP(=O)(O)OCCNC(=O)NCCOP(=O)(O)OC[C@@H](COCCC(CCCCCCC)OC(=O)CCCCCCCCCCC)NC(=O)CCCCCCCCCCCCC.[H-].[H-].[Na+].[Na+]. The number of urea groups is 1. The maximum absolute atomic E-state index is 13.3. The largest absolute Gasteiger partial charge is 1.00 e. The van der Waals surface area contributed by atoms with Crippen molar-refractivity contribution in [1.29, 1.82) is 0 Å². The minimum Gasteiger partial charge on any atom is -1.00 e. The van der Waals surface area contributed by atoms with Crippen molar-refractivity contribution >= 4 is 45.4 Å². The summed E-state index contributed by atoms with van der Waals surface area (Å²) in [5.41, 5.74) is 0. The van der Waals surface area contributed by atoms with Gasteiger partial charge >= 0.3 is 92.7 Å². The summed E-state index contributed by atoms with van der Waals surface area (Å²) >= 11 is 0. The Balaban J connectivity index is -0.00000919. The van der Waals surface area contributed by atoms with Gasteiger partial charge in [0.15, 0.2) is 0 Å². The molecule has 6 atom stereocenters. The zero-order valence-corrected chi connectivity index (χ0v) is 76.6. The van der Waals surface area contributed by atoms with Crippen molar-refractivity contribution in [2.75, 3.05) is 65.9 Å². The molecule has 0 saturated heterocycles. The van der Waals surface area contributed by atoms with Crippen LogP contribution < -0.4 is 80.4 Å². The summed E-state index contributed by atoms with van der Waals surface area (Å²) in [6, 6.07) is -2.32. The molecule has 4 amide bonds. The van der Waals surface area contributed by atoms with Gasteiger partial charge in [-0.25, -0.2) is 13.9 Å². The van der Waals surface area contributed by atoms with Crippen LogP contribution in [0.3, 0.4) is 0 Å². The average molecular weight is 1600 g/mol. The molecule has 0 saturated carbocycles. The predicted octanol–water partition coefficient (Wildman–Crippen LogP) is 16.4. The van der Waals surface area contributed by atoms with E-state index in [-0.39, 0.29) is 150 Å². The van der Waals surface area contributed by atoms with Crippen molar-refractivity contribution in [3.63, 3.8) is 0 Å². The molecule has 0 fully saturated rings. The zero-order valence-electron chi connectivity index (χ0n) is 72.8. The molecule has 0 spiro atoms. The molecule has 0 aromatic rings.